The third-order valence-corrected chi connectivity index (χ3v) is 5.47. The van der Waals surface area contributed by atoms with Gasteiger partial charge in [-0.2, -0.15) is 10.1 Å². The number of alkyl halides is 2. The van der Waals surface area contributed by atoms with E-state index in [1.54, 1.807) is 0 Å². The van der Waals surface area contributed by atoms with Crippen LogP contribution in [0.4, 0.5) is 8.78 Å². The van der Waals surface area contributed by atoms with Crippen molar-refractivity contribution >= 4 is 17.1 Å². The summed E-state index contributed by atoms with van der Waals surface area (Å²) in [5, 5.41) is 5.97. The second kappa shape index (κ2) is 8.64. The van der Waals surface area contributed by atoms with Crippen LogP contribution in [-0.2, 0) is 6.54 Å². The minimum Gasteiger partial charge on any atom is -0.298 e. The fourth-order valence-corrected chi connectivity index (χ4v) is 3.78. The summed E-state index contributed by atoms with van der Waals surface area (Å²) in [5.41, 5.74) is 1.13. The number of aryl methyl sites for hydroxylation is 1. The number of fused-ring (bicyclic) bond motifs is 1. The van der Waals surface area contributed by atoms with E-state index in [4.69, 9.17) is 0 Å². The summed E-state index contributed by atoms with van der Waals surface area (Å²) in [6.45, 7) is 8.30. The van der Waals surface area contributed by atoms with E-state index in [1.807, 2.05) is 11.3 Å². The Hall–Kier alpha value is -1.93. The molecule has 1 fully saturated rings. The number of likely N-dealkylation sites (tertiary alicyclic amines) is 1. The number of aromatic nitrogens is 4. The number of nitrogens with zero attached hydrogens (tertiary/aromatic N) is 5. The smallest absolute Gasteiger partial charge is 0.280 e. The fourth-order valence-electron chi connectivity index (χ4n) is 2.86. The van der Waals surface area contributed by atoms with Crippen LogP contribution in [0.15, 0.2) is 30.0 Å². The summed E-state index contributed by atoms with van der Waals surface area (Å²) >= 11 is 1.90. The van der Waals surface area contributed by atoms with Gasteiger partial charge in [0, 0.05) is 17.6 Å². The molecule has 1 aliphatic heterocycles. The molecule has 0 aliphatic carbocycles. The van der Waals surface area contributed by atoms with Gasteiger partial charge in [0.15, 0.2) is 0 Å². The van der Waals surface area contributed by atoms with Crippen molar-refractivity contribution < 1.29 is 8.78 Å². The van der Waals surface area contributed by atoms with E-state index in [1.165, 1.54) is 66.0 Å². The van der Waals surface area contributed by atoms with Gasteiger partial charge in [-0.05, 0) is 61.8 Å². The van der Waals surface area contributed by atoms with E-state index in [0.29, 0.717) is 0 Å². The minimum atomic E-state index is -2.56. The summed E-state index contributed by atoms with van der Waals surface area (Å²) < 4.78 is 25.5. The Labute approximate surface area is 155 Å². The molecule has 4 heterocycles. The Balaban J connectivity index is 0.000000152. The van der Waals surface area contributed by atoms with E-state index in [9.17, 15) is 8.78 Å². The van der Waals surface area contributed by atoms with Crippen LogP contribution in [0.1, 0.15) is 42.3 Å². The maximum absolute atomic E-state index is 12.1. The Bertz CT molecular complexity index is 824. The third kappa shape index (κ3) is 5.04. The summed E-state index contributed by atoms with van der Waals surface area (Å²) in [4.78, 5) is 11.4. The number of piperidine rings is 1. The molecule has 1 saturated heterocycles. The van der Waals surface area contributed by atoms with Gasteiger partial charge in [-0.25, -0.2) is 18.3 Å². The molecule has 0 atom stereocenters. The number of thiophene rings is 1. The topological polar surface area (TPSA) is 46.3 Å². The summed E-state index contributed by atoms with van der Waals surface area (Å²) in [6.07, 6.45) is 2.86. The number of hydrogen-bond donors (Lipinski definition) is 0. The second-order valence-electron chi connectivity index (χ2n) is 6.71. The van der Waals surface area contributed by atoms with E-state index < -0.39 is 6.43 Å². The average molecular weight is 379 g/mol. The largest absolute Gasteiger partial charge is 0.298 e. The van der Waals surface area contributed by atoms with Crippen molar-refractivity contribution in [2.45, 2.75) is 39.7 Å². The first-order chi connectivity index (χ1) is 12.5. The van der Waals surface area contributed by atoms with Crippen molar-refractivity contribution in [3.63, 3.8) is 0 Å². The van der Waals surface area contributed by atoms with Crippen LogP contribution >= 0.6 is 11.3 Å². The van der Waals surface area contributed by atoms with Crippen molar-refractivity contribution in [1.82, 2.24) is 24.5 Å². The lowest BCUT2D eigenvalue weighted by atomic mass is 9.99. The zero-order valence-corrected chi connectivity index (χ0v) is 15.8. The van der Waals surface area contributed by atoms with E-state index in [-0.39, 0.29) is 11.5 Å². The molecule has 0 aromatic carbocycles. The Morgan fingerprint density at radius 1 is 1.31 bits per heavy atom. The number of hydrogen-bond acceptors (Lipinski definition) is 5. The monoisotopic (exact) mass is 379 g/mol. The molecule has 0 amide bonds. The average Bonchev–Trinajstić information content (AvgIpc) is 3.25. The molecule has 3 aromatic heterocycles. The second-order valence-corrected chi connectivity index (χ2v) is 7.70. The highest BCUT2D eigenvalue weighted by molar-refractivity contribution is 7.10. The molecule has 0 N–H and O–H groups in total. The predicted octanol–water partition coefficient (Wildman–Crippen LogP) is 4.35. The first-order valence-electron chi connectivity index (χ1n) is 8.72. The highest BCUT2D eigenvalue weighted by Gasteiger charge is 2.15. The quantitative estimate of drug-likeness (QED) is 0.679. The molecule has 0 unspecified atom stereocenters. The van der Waals surface area contributed by atoms with Crippen molar-refractivity contribution in [2.24, 2.45) is 5.92 Å². The Kier molecular flexibility index (Phi) is 6.26. The molecule has 4 rings (SSSR count). The van der Waals surface area contributed by atoms with Crippen molar-refractivity contribution in [3.05, 3.63) is 46.2 Å². The maximum Gasteiger partial charge on any atom is 0.280 e. The first kappa shape index (κ1) is 18.8. The normalized spacial score (nSPS) is 16.0. The highest BCUT2D eigenvalue weighted by atomic mass is 32.1. The van der Waals surface area contributed by atoms with Gasteiger partial charge in [0.05, 0.1) is 0 Å². The van der Waals surface area contributed by atoms with Crippen molar-refractivity contribution in [3.8, 4) is 0 Å². The first-order valence-corrected chi connectivity index (χ1v) is 9.60. The molecular weight excluding hydrogens is 356 g/mol. The molecule has 1 aliphatic rings. The lowest BCUT2D eigenvalue weighted by molar-refractivity contribution is 0.146. The van der Waals surface area contributed by atoms with Gasteiger partial charge < -0.3 is 0 Å². The SMILES string of the molecule is Cc1csc(CN2CCC(C)CC2)c1.FC(F)c1ccn2ncnc2n1. The van der Waals surface area contributed by atoms with Crippen LogP contribution in [0, 0.1) is 12.8 Å². The van der Waals surface area contributed by atoms with Crippen LogP contribution < -0.4 is 0 Å². The fraction of sp³-hybridized carbons (Fsp3) is 0.500. The van der Waals surface area contributed by atoms with Gasteiger partial charge in [0.1, 0.15) is 12.0 Å². The zero-order chi connectivity index (χ0) is 18.5. The van der Waals surface area contributed by atoms with Gasteiger partial charge in [0.25, 0.3) is 12.2 Å². The standard InChI is InChI=1S/C12H19NS.C6H4F2N4/c1-10-3-5-13(6-4-10)8-12-7-11(2)9-14-12;7-5(8)4-1-2-12-6(11-4)9-3-10-12/h7,9-10H,3-6,8H2,1-2H3;1-3,5H. The zero-order valence-electron chi connectivity index (χ0n) is 15.0. The van der Waals surface area contributed by atoms with Gasteiger partial charge >= 0.3 is 0 Å². The van der Waals surface area contributed by atoms with Gasteiger partial charge in [-0.3, -0.25) is 4.90 Å². The molecule has 140 valence electrons. The maximum atomic E-state index is 12.1. The molecule has 26 heavy (non-hydrogen) atoms. The Morgan fingerprint density at radius 2 is 2.08 bits per heavy atom. The van der Waals surface area contributed by atoms with Gasteiger partial charge in [0.2, 0.25) is 0 Å². The third-order valence-electron chi connectivity index (χ3n) is 4.43. The molecule has 3 aromatic rings. The lowest BCUT2D eigenvalue weighted by Gasteiger charge is -2.29. The molecule has 5 nitrogen and oxygen atoms in total. The lowest BCUT2D eigenvalue weighted by Crippen LogP contribution is -2.32. The van der Waals surface area contributed by atoms with Gasteiger partial charge in [-0.1, -0.05) is 6.92 Å². The molecule has 0 bridgehead atoms. The summed E-state index contributed by atoms with van der Waals surface area (Å²) in [5.74, 6) is 1.13. The van der Waals surface area contributed by atoms with E-state index in [2.05, 4.69) is 45.3 Å². The van der Waals surface area contributed by atoms with E-state index in [0.717, 1.165) is 5.92 Å². The number of halogens is 2. The van der Waals surface area contributed by atoms with Crippen LogP contribution in [-0.4, -0.2) is 37.6 Å². The molecule has 8 heteroatoms. The summed E-state index contributed by atoms with van der Waals surface area (Å²) in [6, 6.07) is 3.54. The molecule has 0 saturated carbocycles. The Morgan fingerprint density at radius 3 is 2.73 bits per heavy atom. The molecular formula is C18H23F2N5S. The molecule has 0 radical (unpaired) electrons. The predicted molar refractivity (Wildman–Crippen MR) is 98.5 cm³/mol. The molecule has 0 spiro atoms. The van der Waals surface area contributed by atoms with Crippen LogP contribution in [0.25, 0.3) is 5.78 Å². The van der Waals surface area contributed by atoms with Crippen LogP contribution in [0.5, 0.6) is 0 Å². The van der Waals surface area contributed by atoms with Crippen molar-refractivity contribution in [2.75, 3.05) is 13.1 Å². The minimum absolute atomic E-state index is 0.188. The van der Waals surface area contributed by atoms with Gasteiger partial charge in [-0.15, -0.1) is 11.3 Å². The van der Waals surface area contributed by atoms with Crippen molar-refractivity contribution in [1.29, 1.82) is 0 Å². The van der Waals surface area contributed by atoms with Crippen LogP contribution in [0.2, 0.25) is 0 Å². The summed E-state index contributed by atoms with van der Waals surface area (Å²) in [7, 11) is 0. The number of rotatable bonds is 3. The van der Waals surface area contributed by atoms with Crippen LogP contribution in [0.3, 0.4) is 0 Å². The van der Waals surface area contributed by atoms with E-state index >= 15 is 0 Å². The highest BCUT2D eigenvalue weighted by Crippen LogP contribution is 2.21.